The molecule has 2 heterocycles. The Morgan fingerprint density at radius 2 is 2.16 bits per heavy atom. The van der Waals surface area contributed by atoms with Crippen LogP contribution in [0.3, 0.4) is 0 Å². The molecule has 1 aliphatic heterocycles. The highest BCUT2D eigenvalue weighted by Crippen LogP contribution is 2.15. The number of hydrogen-bond donors (Lipinski definition) is 1. The van der Waals surface area contributed by atoms with Crippen LogP contribution in [-0.2, 0) is 11.3 Å². The summed E-state index contributed by atoms with van der Waals surface area (Å²) < 4.78 is 29.1. The highest BCUT2D eigenvalue weighted by molar-refractivity contribution is 5.91. The molecule has 3 rings (SSSR count). The van der Waals surface area contributed by atoms with Gasteiger partial charge in [-0.05, 0) is 49.9 Å². The summed E-state index contributed by atoms with van der Waals surface area (Å²) in [6, 6.07) is 5.64. The molecular weight excluding hydrogens is 327 g/mol. The quantitative estimate of drug-likeness (QED) is 0.832. The summed E-state index contributed by atoms with van der Waals surface area (Å²) in [6.07, 6.45) is 5.67. The van der Waals surface area contributed by atoms with Crippen molar-refractivity contribution in [2.75, 3.05) is 13.2 Å². The average molecular weight is 348 g/mol. The fraction of sp³-hybridized carbons (Fsp3) is 0.444. The van der Waals surface area contributed by atoms with Crippen LogP contribution in [-0.4, -0.2) is 30.1 Å². The molecule has 1 amide bonds. The van der Waals surface area contributed by atoms with Crippen molar-refractivity contribution in [1.29, 1.82) is 0 Å². The van der Waals surface area contributed by atoms with Crippen LogP contribution in [0.4, 0.5) is 4.39 Å². The summed E-state index contributed by atoms with van der Waals surface area (Å²) in [5.41, 5.74) is 0.210. The van der Waals surface area contributed by atoms with Crippen LogP contribution in [0.1, 0.15) is 42.1 Å². The zero-order valence-corrected chi connectivity index (χ0v) is 13.9. The van der Waals surface area contributed by atoms with Crippen molar-refractivity contribution in [1.82, 2.24) is 10.3 Å². The van der Waals surface area contributed by atoms with Gasteiger partial charge in [0.1, 0.15) is 17.8 Å². The fourth-order valence-corrected chi connectivity index (χ4v) is 2.63. The lowest BCUT2D eigenvalue weighted by molar-refractivity contribution is 0.0117. The lowest BCUT2D eigenvalue weighted by Gasteiger charge is -2.22. The molecule has 1 N–H and O–H groups in total. The molecule has 0 unspecified atom stereocenters. The van der Waals surface area contributed by atoms with Crippen LogP contribution >= 0.6 is 0 Å². The van der Waals surface area contributed by atoms with Crippen LogP contribution in [0, 0.1) is 5.82 Å². The summed E-state index contributed by atoms with van der Waals surface area (Å²) in [6.45, 7) is 1.41. The molecular formula is C18H21FN2O4. The number of aromatic nitrogens is 1. The van der Waals surface area contributed by atoms with Gasteiger partial charge in [-0.15, -0.1) is 0 Å². The monoisotopic (exact) mass is 348 g/mol. The van der Waals surface area contributed by atoms with E-state index in [1.54, 1.807) is 0 Å². The number of oxazole rings is 1. The molecule has 0 saturated carbocycles. The van der Waals surface area contributed by atoms with Crippen molar-refractivity contribution in [2.24, 2.45) is 0 Å². The van der Waals surface area contributed by atoms with E-state index in [0.717, 1.165) is 25.9 Å². The van der Waals surface area contributed by atoms with Gasteiger partial charge < -0.3 is 19.2 Å². The first-order valence-electron chi connectivity index (χ1n) is 8.43. The molecule has 0 radical (unpaired) electrons. The predicted octanol–water partition coefficient (Wildman–Crippen LogP) is 3.08. The maximum atomic E-state index is 12.8. The molecule has 0 spiro atoms. The number of hydrogen-bond acceptors (Lipinski definition) is 5. The molecule has 7 heteroatoms. The zero-order valence-electron chi connectivity index (χ0n) is 13.9. The van der Waals surface area contributed by atoms with Gasteiger partial charge in [0.05, 0.1) is 6.10 Å². The summed E-state index contributed by atoms with van der Waals surface area (Å²) in [5.74, 6) is 0.164. The molecule has 0 bridgehead atoms. The summed E-state index contributed by atoms with van der Waals surface area (Å²) in [4.78, 5) is 16.2. The SMILES string of the molecule is O=C(NCC[C@H]1CCCCO1)c1coc(COc2ccc(F)cc2)n1. The molecule has 25 heavy (non-hydrogen) atoms. The Bertz CT molecular complexity index is 681. The largest absolute Gasteiger partial charge is 0.484 e. The van der Waals surface area contributed by atoms with Gasteiger partial charge in [-0.2, -0.15) is 0 Å². The molecule has 1 aromatic carbocycles. The highest BCUT2D eigenvalue weighted by Gasteiger charge is 2.16. The smallest absolute Gasteiger partial charge is 0.273 e. The molecule has 134 valence electrons. The molecule has 2 aromatic rings. The van der Waals surface area contributed by atoms with Crippen LogP contribution in [0.15, 0.2) is 34.9 Å². The third-order valence-corrected chi connectivity index (χ3v) is 3.99. The Balaban J connectivity index is 1.42. The first kappa shape index (κ1) is 17.4. The number of benzene rings is 1. The van der Waals surface area contributed by atoms with Gasteiger partial charge in [0.25, 0.3) is 5.91 Å². The van der Waals surface area contributed by atoms with E-state index in [1.807, 2.05) is 0 Å². The lowest BCUT2D eigenvalue weighted by atomic mass is 10.1. The minimum absolute atomic E-state index is 0.0643. The average Bonchev–Trinajstić information content (AvgIpc) is 3.11. The zero-order chi connectivity index (χ0) is 17.5. The van der Waals surface area contributed by atoms with Crippen molar-refractivity contribution in [3.05, 3.63) is 47.9 Å². The number of nitrogens with one attached hydrogen (secondary N) is 1. The predicted molar refractivity (Wildman–Crippen MR) is 87.8 cm³/mol. The van der Waals surface area contributed by atoms with Gasteiger partial charge in [0.15, 0.2) is 12.3 Å². The van der Waals surface area contributed by atoms with Crippen molar-refractivity contribution in [3.8, 4) is 5.75 Å². The molecule has 0 aliphatic carbocycles. The van der Waals surface area contributed by atoms with Crippen molar-refractivity contribution >= 4 is 5.91 Å². The third-order valence-electron chi connectivity index (χ3n) is 3.99. The summed E-state index contributed by atoms with van der Waals surface area (Å²) >= 11 is 0. The second-order valence-electron chi connectivity index (χ2n) is 5.90. The second-order valence-corrected chi connectivity index (χ2v) is 5.90. The van der Waals surface area contributed by atoms with Crippen LogP contribution in [0.5, 0.6) is 5.75 Å². The number of nitrogens with zero attached hydrogens (tertiary/aromatic N) is 1. The van der Waals surface area contributed by atoms with E-state index in [9.17, 15) is 9.18 Å². The minimum Gasteiger partial charge on any atom is -0.484 e. The number of carbonyl (C=O) groups is 1. The van der Waals surface area contributed by atoms with Crippen LogP contribution < -0.4 is 10.1 Å². The van der Waals surface area contributed by atoms with E-state index < -0.39 is 0 Å². The molecule has 1 fully saturated rings. The van der Waals surface area contributed by atoms with Gasteiger partial charge in [0, 0.05) is 13.2 Å². The molecule has 6 nitrogen and oxygen atoms in total. The molecule has 1 aromatic heterocycles. The summed E-state index contributed by atoms with van der Waals surface area (Å²) in [5, 5.41) is 2.82. The van der Waals surface area contributed by atoms with E-state index in [-0.39, 0.29) is 36.0 Å². The first-order chi connectivity index (χ1) is 12.2. The van der Waals surface area contributed by atoms with E-state index in [1.165, 1.54) is 36.9 Å². The third kappa shape index (κ3) is 5.29. The van der Waals surface area contributed by atoms with Crippen molar-refractivity contribution in [2.45, 2.75) is 38.4 Å². The number of amides is 1. The van der Waals surface area contributed by atoms with Gasteiger partial charge in [0.2, 0.25) is 5.89 Å². The Morgan fingerprint density at radius 3 is 2.92 bits per heavy atom. The summed E-state index contributed by atoms with van der Waals surface area (Å²) in [7, 11) is 0. The number of carbonyl (C=O) groups excluding carboxylic acids is 1. The van der Waals surface area contributed by atoms with Gasteiger partial charge in [-0.25, -0.2) is 9.37 Å². The molecule has 1 atom stereocenters. The Morgan fingerprint density at radius 1 is 1.32 bits per heavy atom. The van der Waals surface area contributed by atoms with Gasteiger partial charge >= 0.3 is 0 Å². The van der Waals surface area contributed by atoms with E-state index in [0.29, 0.717) is 12.3 Å². The normalized spacial score (nSPS) is 17.2. The highest BCUT2D eigenvalue weighted by atomic mass is 19.1. The molecule has 1 aliphatic rings. The van der Waals surface area contributed by atoms with Crippen molar-refractivity contribution < 1.29 is 23.1 Å². The van der Waals surface area contributed by atoms with Gasteiger partial charge in [-0.3, -0.25) is 4.79 Å². The minimum atomic E-state index is -0.332. The van der Waals surface area contributed by atoms with Gasteiger partial charge in [-0.1, -0.05) is 0 Å². The number of halogens is 1. The molecule has 1 saturated heterocycles. The Kier molecular flexibility index (Phi) is 6.00. The fourth-order valence-electron chi connectivity index (χ4n) is 2.63. The van der Waals surface area contributed by atoms with Crippen molar-refractivity contribution in [3.63, 3.8) is 0 Å². The topological polar surface area (TPSA) is 73.6 Å². The standard InChI is InChI=1S/C18H21FN2O4/c19-13-4-6-15(7-5-13)24-12-17-21-16(11-25-17)18(22)20-9-8-14-3-1-2-10-23-14/h4-7,11,14H,1-3,8-10,12H2,(H,20,22)/t14-/m1/s1. The Hall–Kier alpha value is -2.41. The Labute approximate surface area is 145 Å². The van der Waals surface area contributed by atoms with E-state index in [2.05, 4.69) is 10.3 Å². The van der Waals surface area contributed by atoms with E-state index in [4.69, 9.17) is 13.9 Å². The lowest BCUT2D eigenvalue weighted by Crippen LogP contribution is -2.29. The van der Waals surface area contributed by atoms with E-state index >= 15 is 0 Å². The second kappa shape index (κ2) is 8.62. The number of ether oxygens (including phenoxy) is 2. The maximum absolute atomic E-state index is 12.8. The maximum Gasteiger partial charge on any atom is 0.273 e. The first-order valence-corrected chi connectivity index (χ1v) is 8.43. The number of rotatable bonds is 7. The van der Waals surface area contributed by atoms with Crippen LogP contribution in [0.2, 0.25) is 0 Å². The van der Waals surface area contributed by atoms with Crippen LogP contribution in [0.25, 0.3) is 0 Å².